The zero-order chi connectivity index (χ0) is 20.7. The van der Waals surface area contributed by atoms with E-state index < -0.39 is 0 Å². The van der Waals surface area contributed by atoms with Gasteiger partial charge in [0.25, 0.3) is 0 Å². The van der Waals surface area contributed by atoms with Gasteiger partial charge in [0.1, 0.15) is 0 Å². The van der Waals surface area contributed by atoms with Crippen LogP contribution in [0.5, 0.6) is 0 Å². The highest BCUT2D eigenvalue weighted by Crippen LogP contribution is 2.54. The largest absolute Gasteiger partial charge is 0.0616 e. The fraction of sp³-hybridized carbons (Fsp3) is 0.0968. The Balaban J connectivity index is 1.61. The highest BCUT2D eigenvalue weighted by molar-refractivity contribution is 6.13. The Morgan fingerprint density at radius 1 is 0.419 bits per heavy atom. The van der Waals surface area contributed by atoms with Crippen LogP contribution in [0.25, 0.3) is 54.2 Å². The molecule has 7 rings (SSSR count). The Morgan fingerprint density at radius 2 is 1.00 bits per heavy atom. The third-order valence-corrected chi connectivity index (χ3v) is 7.35. The van der Waals surface area contributed by atoms with Gasteiger partial charge in [0.2, 0.25) is 0 Å². The van der Waals surface area contributed by atoms with E-state index in [2.05, 4.69) is 111 Å². The molecule has 1 aliphatic carbocycles. The van der Waals surface area contributed by atoms with E-state index in [1.54, 1.807) is 0 Å². The SMILES string of the molecule is CC1(C)c2c(ccc3cc4ccccc4cc23)-c2ccc3c(ccc4ccccc43)c21. The van der Waals surface area contributed by atoms with Crippen LogP contribution in [0.1, 0.15) is 25.0 Å². The average Bonchev–Trinajstić information content (AvgIpc) is 3.04. The van der Waals surface area contributed by atoms with E-state index in [1.165, 1.54) is 65.3 Å². The molecule has 0 bridgehead atoms. The second-order valence-electron chi connectivity index (χ2n) is 9.40. The van der Waals surface area contributed by atoms with Gasteiger partial charge in [-0.3, -0.25) is 0 Å². The van der Waals surface area contributed by atoms with Gasteiger partial charge in [-0.1, -0.05) is 98.8 Å². The number of hydrogen-bond donors (Lipinski definition) is 0. The Hall–Kier alpha value is -3.64. The van der Waals surface area contributed by atoms with Crippen LogP contribution in [-0.2, 0) is 5.41 Å². The van der Waals surface area contributed by atoms with Gasteiger partial charge in [-0.15, -0.1) is 0 Å². The molecular weight excluding hydrogens is 372 g/mol. The topological polar surface area (TPSA) is 0 Å². The van der Waals surface area contributed by atoms with Crippen molar-refractivity contribution in [1.29, 1.82) is 0 Å². The molecule has 0 amide bonds. The second kappa shape index (κ2) is 5.74. The third kappa shape index (κ3) is 2.15. The summed E-state index contributed by atoms with van der Waals surface area (Å²) in [6, 6.07) is 36.1. The molecule has 0 heterocycles. The minimum atomic E-state index is -0.0609. The van der Waals surface area contributed by atoms with Crippen molar-refractivity contribution in [2.24, 2.45) is 0 Å². The first kappa shape index (κ1) is 17.1. The van der Waals surface area contributed by atoms with E-state index in [-0.39, 0.29) is 5.41 Å². The molecule has 0 nitrogen and oxygen atoms in total. The highest BCUT2D eigenvalue weighted by Gasteiger charge is 2.38. The van der Waals surface area contributed by atoms with Crippen molar-refractivity contribution in [2.75, 3.05) is 0 Å². The second-order valence-corrected chi connectivity index (χ2v) is 9.40. The summed E-state index contributed by atoms with van der Waals surface area (Å²) in [7, 11) is 0. The number of hydrogen-bond acceptors (Lipinski definition) is 0. The van der Waals surface area contributed by atoms with Gasteiger partial charge in [-0.2, -0.15) is 0 Å². The maximum Gasteiger partial charge on any atom is 0.0171 e. The smallest absolute Gasteiger partial charge is 0.0171 e. The molecule has 0 saturated heterocycles. The normalized spacial score (nSPS) is 14.4. The number of benzene rings is 6. The average molecular weight is 395 g/mol. The third-order valence-electron chi connectivity index (χ3n) is 7.35. The van der Waals surface area contributed by atoms with Crippen molar-refractivity contribution >= 4 is 43.1 Å². The standard InChI is InChI=1S/C31H22/c1-31(2)29-25-13-11-19-7-5-6-10-23(19)24(25)15-16-27(29)26-14-12-22-17-20-8-3-4-9-21(20)18-28(22)30(26)31/h3-18H,1-2H3. The predicted octanol–water partition coefficient (Wildman–Crippen LogP) is 8.61. The summed E-state index contributed by atoms with van der Waals surface area (Å²) in [4.78, 5) is 0. The highest BCUT2D eigenvalue weighted by atomic mass is 14.4. The maximum atomic E-state index is 2.40. The lowest BCUT2D eigenvalue weighted by molar-refractivity contribution is 0.672. The Labute approximate surface area is 181 Å². The number of rotatable bonds is 0. The Kier molecular flexibility index (Phi) is 3.16. The summed E-state index contributed by atoms with van der Waals surface area (Å²) in [6.45, 7) is 4.81. The van der Waals surface area contributed by atoms with Crippen LogP contribution in [-0.4, -0.2) is 0 Å². The molecule has 0 radical (unpaired) electrons. The molecule has 146 valence electrons. The van der Waals surface area contributed by atoms with Crippen LogP contribution in [0.2, 0.25) is 0 Å². The summed E-state index contributed by atoms with van der Waals surface area (Å²) in [5.41, 5.74) is 5.64. The van der Waals surface area contributed by atoms with Gasteiger partial charge in [0, 0.05) is 5.41 Å². The van der Waals surface area contributed by atoms with E-state index in [1.807, 2.05) is 0 Å². The van der Waals surface area contributed by atoms with Crippen molar-refractivity contribution in [2.45, 2.75) is 19.3 Å². The molecule has 31 heavy (non-hydrogen) atoms. The summed E-state index contributed by atoms with van der Waals surface area (Å²) in [5, 5.41) is 10.7. The Morgan fingerprint density at radius 3 is 1.81 bits per heavy atom. The first-order chi connectivity index (χ1) is 15.1. The summed E-state index contributed by atoms with van der Waals surface area (Å²) in [5.74, 6) is 0. The van der Waals surface area contributed by atoms with Gasteiger partial charge in [0.15, 0.2) is 0 Å². The molecule has 6 aromatic carbocycles. The lowest BCUT2D eigenvalue weighted by atomic mass is 9.78. The lowest BCUT2D eigenvalue weighted by Gasteiger charge is -2.25. The van der Waals surface area contributed by atoms with Crippen molar-refractivity contribution in [3.8, 4) is 11.1 Å². The monoisotopic (exact) mass is 394 g/mol. The zero-order valence-electron chi connectivity index (χ0n) is 17.7. The fourth-order valence-corrected chi connectivity index (χ4v) is 6.02. The van der Waals surface area contributed by atoms with Crippen molar-refractivity contribution in [1.82, 2.24) is 0 Å². The molecule has 0 aromatic heterocycles. The molecule has 0 fully saturated rings. The summed E-state index contributed by atoms with van der Waals surface area (Å²) < 4.78 is 0. The molecule has 0 heteroatoms. The molecule has 0 aliphatic heterocycles. The first-order valence-electron chi connectivity index (χ1n) is 11.0. The number of fused-ring (bicyclic) bond motifs is 10. The molecule has 0 saturated carbocycles. The molecule has 0 atom stereocenters. The van der Waals surface area contributed by atoms with Gasteiger partial charge in [0.05, 0.1) is 0 Å². The van der Waals surface area contributed by atoms with E-state index >= 15 is 0 Å². The minimum absolute atomic E-state index is 0.0609. The molecule has 6 aromatic rings. The lowest BCUT2D eigenvalue weighted by Crippen LogP contribution is -2.16. The van der Waals surface area contributed by atoms with Crippen molar-refractivity contribution in [3.05, 3.63) is 108 Å². The van der Waals surface area contributed by atoms with Gasteiger partial charge in [-0.05, 0) is 77.5 Å². The van der Waals surface area contributed by atoms with Crippen molar-refractivity contribution < 1.29 is 0 Å². The van der Waals surface area contributed by atoms with Crippen LogP contribution in [0.15, 0.2) is 97.1 Å². The van der Waals surface area contributed by atoms with Crippen LogP contribution in [0, 0.1) is 0 Å². The van der Waals surface area contributed by atoms with Crippen LogP contribution >= 0.6 is 0 Å². The van der Waals surface area contributed by atoms with E-state index in [9.17, 15) is 0 Å². The van der Waals surface area contributed by atoms with Gasteiger partial charge >= 0.3 is 0 Å². The van der Waals surface area contributed by atoms with E-state index in [0.29, 0.717) is 0 Å². The van der Waals surface area contributed by atoms with E-state index in [0.717, 1.165) is 0 Å². The van der Waals surface area contributed by atoms with Crippen LogP contribution < -0.4 is 0 Å². The first-order valence-corrected chi connectivity index (χ1v) is 11.0. The summed E-state index contributed by atoms with van der Waals surface area (Å²) in [6.07, 6.45) is 0. The van der Waals surface area contributed by atoms with Gasteiger partial charge < -0.3 is 0 Å². The zero-order valence-corrected chi connectivity index (χ0v) is 17.7. The van der Waals surface area contributed by atoms with Crippen LogP contribution in [0.4, 0.5) is 0 Å². The Bertz CT molecular complexity index is 1670. The molecule has 1 aliphatic rings. The maximum absolute atomic E-state index is 2.40. The fourth-order valence-electron chi connectivity index (χ4n) is 6.02. The van der Waals surface area contributed by atoms with Crippen molar-refractivity contribution in [3.63, 3.8) is 0 Å². The van der Waals surface area contributed by atoms with E-state index in [4.69, 9.17) is 0 Å². The predicted molar refractivity (Wildman–Crippen MR) is 134 cm³/mol. The van der Waals surface area contributed by atoms with Crippen LogP contribution in [0.3, 0.4) is 0 Å². The quantitative estimate of drug-likeness (QED) is 0.179. The molecular formula is C31H22. The minimum Gasteiger partial charge on any atom is -0.0616 e. The molecule has 0 unspecified atom stereocenters. The molecule has 0 N–H and O–H groups in total. The summed E-state index contributed by atoms with van der Waals surface area (Å²) >= 11 is 0. The molecule has 0 spiro atoms. The van der Waals surface area contributed by atoms with Gasteiger partial charge in [-0.25, -0.2) is 0 Å².